The number of aliphatic imine (C=N–C) groups is 1. The molecule has 0 aromatic carbocycles. The maximum absolute atomic E-state index is 11.7. The van der Waals surface area contributed by atoms with Crippen molar-refractivity contribution in [2.45, 2.75) is 44.9 Å². The molecular formula is C12H20N4OS. The van der Waals surface area contributed by atoms with Gasteiger partial charge in [0.05, 0.1) is 16.5 Å². The van der Waals surface area contributed by atoms with Crippen LogP contribution in [0.4, 0.5) is 0 Å². The molecule has 0 fully saturated rings. The Morgan fingerprint density at radius 2 is 2.28 bits per heavy atom. The molecule has 5 nitrogen and oxygen atoms in total. The van der Waals surface area contributed by atoms with E-state index in [1.54, 1.807) is 0 Å². The number of unbranched alkanes of at least 4 members (excludes halogenated alkanes) is 1. The Morgan fingerprint density at radius 1 is 1.50 bits per heavy atom. The molecule has 1 aromatic heterocycles. The molecular weight excluding hydrogens is 248 g/mol. The van der Waals surface area contributed by atoms with Crippen molar-refractivity contribution in [3.63, 3.8) is 0 Å². The van der Waals surface area contributed by atoms with Crippen LogP contribution in [0.25, 0.3) is 0 Å². The summed E-state index contributed by atoms with van der Waals surface area (Å²) in [7, 11) is 0. The minimum absolute atomic E-state index is 0.166. The molecule has 100 valence electrons. The highest BCUT2D eigenvalue weighted by atomic mass is 32.2. The van der Waals surface area contributed by atoms with E-state index in [-0.39, 0.29) is 5.56 Å². The third kappa shape index (κ3) is 5.00. The number of H-pyrrole nitrogens is 1. The number of rotatable bonds is 7. The first-order valence-electron chi connectivity index (χ1n) is 6.22. The van der Waals surface area contributed by atoms with Gasteiger partial charge in [0, 0.05) is 6.21 Å². The van der Waals surface area contributed by atoms with E-state index < -0.39 is 0 Å². The first-order chi connectivity index (χ1) is 8.65. The first kappa shape index (κ1) is 14.9. The average Bonchev–Trinajstić information content (AvgIpc) is 2.33. The van der Waals surface area contributed by atoms with E-state index in [0.717, 1.165) is 25.0 Å². The van der Waals surface area contributed by atoms with Crippen molar-refractivity contribution in [1.82, 2.24) is 15.4 Å². The second kappa shape index (κ2) is 8.02. The third-order valence-corrected chi connectivity index (χ3v) is 3.23. The molecule has 0 aliphatic carbocycles. The van der Waals surface area contributed by atoms with E-state index in [1.165, 1.54) is 11.8 Å². The molecule has 1 N–H and O–H groups in total. The van der Waals surface area contributed by atoms with Crippen LogP contribution < -0.4 is 5.56 Å². The van der Waals surface area contributed by atoms with Crippen molar-refractivity contribution >= 4 is 18.0 Å². The minimum Gasteiger partial charge on any atom is -0.286 e. The number of hydrogen-bond donors (Lipinski definition) is 1. The molecule has 0 atom stereocenters. The van der Waals surface area contributed by atoms with Crippen LogP contribution >= 0.6 is 11.8 Å². The first-order valence-corrected chi connectivity index (χ1v) is 7.20. The molecule has 0 radical (unpaired) electrons. The third-order valence-electron chi connectivity index (χ3n) is 2.24. The monoisotopic (exact) mass is 268 g/mol. The molecule has 0 aliphatic heterocycles. The quantitative estimate of drug-likeness (QED) is 0.608. The van der Waals surface area contributed by atoms with Gasteiger partial charge in [-0.25, -0.2) is 5.10 Å². The molecule has 6 heteroatoms. The number of thioether (sulfide) groups is 1. The second-order valence-electron chi connectivity index (χ2n) is 4.37. The molecule has 0 saturated heterocycles. The number of hydrogen-bond acceptors (Lipinski definition) is 5. The summed E-state index contributed by atoms with van der Waals surface area (Å²) in [6.07, 6.45) is 4.77. The number of aromatic nitrogens is 3. The molecule has 0 unspecified atom stereocenters. The standard InChI is InChI=1S/C12H20N4OS/c1-4-5-6-10-11(12(17)15-16-14-10)18-8-13-7-9(2)3/h7,9H,4-6,8H2,1-3H3,(H,14,15,17). The van der Waals surface area contributed by atoms with E-state index in [9.17, 15) is 4.79 Å². The van der Waals surface area contributed by atoms with Gasteiger partial charge in [0.25, 0.3) is 5.56 Å². The fourth-order valence-electron chi connectivity index (χ4n) is 1.37. The van der Waals surface area contributed by atoms with Gasteiger partial charge in [-0.1, -0.05) is 44.2 Å². The van der Waals surface area contributed by atoms with Crippen LogP contribution in [-0.4, -0.2) is 27.5 Å². The zero-order chi connectivity index (χ0) is 13.4. The highest BCUT2D eigenvalue weighted by molar-refractivity contribution is 7.99. The van der Waals surface area contributed by atoms with E-state index in [2.05, 4.69) is 41.2 Å². The normalized spacial score (nSPS) is 11.6. The number of aryl methyl sites for hydroxylation is 1. The molecule has 1 rings (SSSR count). The summed E-state index contributed by atoms with van der Waals surface area (Å²) in [6, 6.07) is 0. The molecule has 18 heavy (non-hydrogen) atoms. The van der Waals surface area contributed by atoms with Crippen LogP contribution in [0.5, 0.6) is 0 Å². The van der Waals surface area contributed by atoms with Crippen molar-refractivity contribution in [1.29, 1.82) is 0 Å². The zero-order valence-electron chi connectivity index (χ0n) is 11.1. The smallest absolute Gasteiger partial charge is 0.281 e. The van der Waals surface area contributed by atoms with Gasteiger partial charge in [-0.15, -0.1) is 5.10 Å². The van der Waals surface area contributed by atoms with Crippen molar-refractivity contribution in [3.05, 3.63) is 16.0 Å². The topological polar surface area (TPSA) is 71.0 Å². The fraction of sp³-hybridized carbons (Fsp3) is 0.667. The molecule has 0 amide bonds. The fourth-order valence-corrected chi connectivity index (χ4v) is 2.15. The maximum Gasteiger partial charge on any atom is 0.281 e. The van der Waals surface area contributed by atoms with Gasteiger partial charge < -0.3 is 0 Å². The van der Waals surface area contributed by atoms with Gasteiger partial charge in [-0.3, -0.25) is 9.79 Å². The lowest BCUT2D eigenvalue weighted by Gasteiger charge is -2.03. The van der Waals surface area contributed by atoms with Crippen LogP contribution in [0.1, 0.15) is 39.3 Å². The lowest BCUT2D eigenvalue weighted by molar-refractivity contribution is 0.699. The second-order valence-corrected chi connectivity index (χ2v) is 5.32. The van der Waals surface area contributed by atoms with Crippen molar-refractivity contribution in [2.24, 2.45) is 10.9 Å². The van der Waals surface area contributed by atoms with Gasteiger partial charge in [-0.05, 0) is 18.8 Å². The van der Waals surface area contributed by atoms with Crippen LogP contribution in [0, 0.1) is 5.92 Å². The molecule has 0 saturated carbocycles. The van der Waals surface area contributed by atoms with Gasteiger partial charge in [0.2, 0.25) is 0 Å². The van der Waals surface area contributed by atoms with E-state index in [4.69, 9.17) is 0 Å². The summed E-state index contributed by atoms with van der Waals surface area (Å²) in [5, 5.41) is 10.0. The van der Waals surface area contributed by atoms with E-state index >= 15 is 0 Å². The molecule has 0 bridgehead atoms. The highest BCUT2D eigenvalue weighted by Gasteiger charge is 2.09. The van der Waals surface area contributed by atoms with Gasteiger partial charge in [-0.2, -0.15) is 0 Å². The summed E-state index contributed by atoms with van der Waals surface area (Å²) in [5.74, 6) is 0.977. The number of nitrogens with zero attached hydrogens (tertiary/aromatic N) is 3. The average molecular weight is 268 g/mol. The molecule has 1 heterocycles. The summed E-state index contributed by atoms with van der Waals surface area (Å²) < 4.78 is 0. The van der Waals surface area contributed by atoms with Crippen LogP contribution in [-0.2, 0) is 6.42 Å². The molecule has 1 aromatic rings. The largest absolute Gasteiger partial charge is 0.286 e. The van der Waals surface area contributed by atoms with E-state index in [1.807, 2.05) is 6.21 Å². The summed E-state index contributed by atoms with van der Waals surface area (Å²) in [4.78, 5) is 16.6. The predicted molar refractivity (Wildman–Crippen MR) is 75.3 cm³/mol. The zero-order valence-corrected chi connectivity index (χ0v) is 12.0. The highest BCUT2D eigenvalue weighted by Crippen LogP contribution is 2.17. The van der Waals surface area contributed by atoms with Crippen LogP contribution in [0.2, 0.25) is 0 Å². The Bertz CT molecular complexity index is 442. The SMILES string of the molecule is CCCCc1nn[nH]c(=O)c1SCN=CC(C)C. The van der Waals surface area contributed by atoms with Crippen molar-refractivity contribution in [3.8, 4) is 0 Å². The maximum atomic E-state index is 11.7. The van der Waals surface area contributed by atoms with Crippen molar-refractivity contribution in [2.75, 3.05) is 5.88 Å². The van der Waals surface area contributed by atoms with Crippen molar-refractivity contribution < 1.29 is 0 Å². The number of nitrogens with one attached hydrogen (secondary N) is 1. The van der Waals surface area contributed by atoms with Crippen LogP contribution in [0.15, 0.2) is 14.7 Å². The Kier molecular flexibility index (Phi) is 6.64. The Hall–Kier alpha value is -1.17. The van der Waals surface area contributed by atoms with Gasteiger partial charge >= 0.3 is 0 Å². The lowest BCUT2D eigenvalue weighted by atomic mass is 10.2. The number of aromatic amines is 1. The Morgan fingerprint density at radius 3 is 2.94 bits per heavy atom. The Labute approximate surface area is 111 Å². The van der Waals surface area contributed by atoms with Crippen LogP contribution in [0.3, 0.4) is 0 Å². The van der Waals surface area contributed by atoms with E-state index in [0.29, 0.717) is 16.7 Å². The van der Waals surface area contributed by atoms with Gasteiger partial charge in [0.1, 0.15) is 0 Å². The minimum atomic E-state index is -0.166. The lowest BCUT2D eigenvalue weighted by Crippen LogP contribution is -2.15. The molecule has 0 aliphatic rings. The van der Waals surface area contributed by atoms with Gasteiger partial charge in [0.15, 0.2) is 0 Å². The summed E-state index contributed by atoms with van der Waals surface area (Å²) >= 11 is 1.42. The Balaban J connectivity index is 2.70. The summed E-state index contributed by atoms with van der Waals surface area (Å²) in [5.41, 5.74) is 0.617. The predicted octanol–water partition coefficient (Wildman–Crippen LogP) is 2.28. The molecule has 0 spiro atoms. The summed E-state index contributed by atoms with van der Waals surface area (Å²) in [6.45, 7) is 6.25.